The minimum atomic E-state index is -3.67. The first-order chi connectivity index (χ1) is 9.43. The number of methoxy groups -OCH3 is 2. The van der Waals surface area contributed by atoms with Crippen LogP contribution in [0, 0.1) is 0 Å². The number of rotatable bonds is 8. The van der Waals surface area contributed by atoms with Crippen molar-refractivity contribution in [2.24, 2.45) is 0 Å². The van der Waals surface area contributed by atoms with E-state index in [9.17, 15) is 8.42 Å². The van der Waals surface area contributed by atoms with Gasteiger partial charge < -0.3 is 9.47 Å². The third kappa shape index (κ3) is 4.39. The summed E-state index contributed by atoms with van der Waals surface area (Å²) in [5, 5.41) is 0.136. The molecule has 0 saturated carbocycles. The number of sulfonamides is 1. The number of ether oxygens (including phenoxy) is 2. The van der Waals surface area contributed by atoms with Crippen molar-refractivity contribution in [1.29, 1.82) is 0 Å². The van der Waals surface area contributed by atoms with E-state index in [4.69, 9.17) is 21.1 Å². The Morgan fingerprint density at radius 2 is 2.10 bits per heavy atom. The summed E-state index contributed by atoms with van der Waals surface area (Å²) < 4.78 is 36.6. The molecule has 0 aliphatic carbocycles. The summed E-state index contributed by atoms with van der Waals surface area (Å²) in [6, 6.07) is 2.43. The highest BCUT2D eigenvalue weighted by Gasteiger charge is 2.29. The molecule has 0 aliphatic heterocycles. The van der Waals surface area contributed by atoms with Gasteiger partial charge >= 0.3 is 0 Å². The fourth-order valence-electron chi connectivity index (χ4n) is 1.76. The minimum absolute atomic E-state index is 0.108. The lowest BCUT2D eigenvalue weighted by Gasteiger charge is -2.27. The van der Waals surface area contributed by atoms with Crippen molar-refractivity contribution in [3.63, 3.8) is 0 Å². The second-order valence-electron chi connectivity index (χ2n) is 4.23. The predicted octanol–water partition coefficient (Wildman–Crippen LogP) is 1.41. The SMILES string of the molecule is COCCN(C(C)COC)S(=O)(=O)c1ccnc(Cl)c1. The van der Waals surface area contributed by atoms with Crippen LogP contribution in [0.15, 0.2) is 23.2 Å². The lowest BCUT2D eigenvalue weighted by atomic mass is 10.3. The van der Waals surface area contributed by atoms with E-state index in [0.717, 1.165) is 0 Å². The van der Waals surface area contributed by atoms with Gasteiger partial charge in [-0.15, -0.1) is 0 Å². The molecule has 1 aromatic rings. The second kappa shape index (κ2) is 7.90. The number of aromatic nitrogens is 1. The van der Waals surface area contributed by atoms with Crippen LogP contribution in [-0.4, -0.2) is 57.7 Å². The van der Waals surface area contributed by atoms with Gasteiger partial charge in [0, 0.05) is 33.0 Å². The number of hydrogen-bond acceptors (Lipinski definition) is 5. The Balaban J connectivity index is 3.09. The van der Waals surface area contributed by atoms with E-state index in [1.165, 1.54) is 36.9 Å². The molecule has 0 fully saturated rings. The van der Waals surface area contributed by atoms with Gasteiger partial charge in [-0.2, -0.15) is 4.31 Å². The fourth-order valence-corrected chi connectivity index (χ4v) is 3.62. The monoisotopic (exact) mass is 322 g/mol. The second-order valence-corrected chi connectivity index (χ2v) is 6.50. The van der Waals surface area contributed by atoms with Gasteiger partial charge in [-0.3, -0.25) is 0 Å². The van der Waals surface area contributed by atoms with Crippen molar-refractivity contribution < 1.29 is 17.9 Å². The number of hydrogen-bond donors (Lipinski definition) is 0. The van der Waals surface area contributed by atoms with Crippen molar-refractivity contribution in [3.8, 4) is 0 Å². The van der Waals surface area contributed by atoms with E-state index >= 15 is 0 Å². The summed E-state index contributed by atoms with van der Waals surface area (Å²) in [5.41, 5.74) is 0. The predicted molar refractivity (Wildman–Crippen MR) is 76.4 cm³/mol. The Hall–Kier alpha value is -0.730. The molecule has 1 rings (SSSR count). The van der Waals surface area contributed by atoms with E-state index in [1.54, 1.807) is 6.92 Å². The van der Waals surface area contributed by atoms with Crippen molar-refractivity contribution >= 4 is 21.6 Å². The number of nitrogens with zero attached hydrogens (tertiary/aromatic N) is 2. The van der Waals surface area contributed by atoms with E-state index < -0.39 is 10.0 Å². The molecule has 0 bridgehead atoms. The van der Waals surface area contributed by atoms with Crippen LogP contribution in [0.4, 0.5) is 0 Å². The number of pyridine rings is 1. The molecule has 1 atom stereocenters. The quantitative estimate of drug-likeness (QED) is 0.677. The third-order valence-electron chi connectivity index (χ3n) is 2.72. The van der Waals surface area contributed by atoms with Gasteiger partial charge in [0.1, 0.15) is 5.15 Å². The first-order valence-electron chi connectivity index (χ1n) is 6.04. The zero-order chi connectivity index (χ0) is 15.2. The first kappa shape index (κ1) is 17.3. The molecule has 0 N–H and O–H groups in total. The van der Waals surface area contributed by atoms with E-state index in [2.05, 4.69) is 4.98 Å². The van der Waals surface area contributed by atoms with Crippen molar-refractivity contribution in [1.82, 2.24) is 9.29 Å². The molecule has 1 unspecified atom stereocenters. The summed E-state index contributed by atoms with van der Waals surface area (Å²) in [6.07, 6.45) is 1.37. The normalized spacial score (nSPS) is 13.7. The van der Waals surface area contributed by atoms with Gasteiger partial charge in [-0.1, -0.05) is 11.6 Å². The Morgan fingerprint density at radius 1 is 1.40 bits per heavy atom. The Bertz CT molecular complexity index is 524. The zero-order valence-corrected chi connectivity index (χ0v) is 13.3. The van der Waals surface area contributed by atoms with Gasteiger partial charge in [0.25, 0.3) is 0 Å². The van der Waals surface area contributed by atoms with Crippen LogP contribution in [0.1, 0.15) is 6.92 Å². The molecule has 0 saturated heterocycles. The molecular formula is C12H19ClN2O4S. The third-order valence-corrected chi connectivity index (χ3v) is 4.94. The van der Waals surface area contributed by atoms with Gasteiger partial charge in [0.2, 0.25) is 10.0 Å². The summed E-state index contributed by atoms with van der Waals surface area (Å²) in [6.45, 7) is 2.61. The minimum Gasteiger partial charge on any atom is -0.383 e. The Kier molecular flexibility index (Phi) is 6.84. The van der Waals surface area contributed by atoms with E-state index in [-0.39, 0.29) is 22.6 Å². The Morgan fingerprint density at radius 3 is 2.65 bits per heavy atom. The summed E-state index contributed by atoms with van der Waals surface area (Å²) in [4.78, 5) is 3.90. The maximum Gasteiger partial charge on any atom is 0.243 e. The molecule has 0 radical (unpaired) electrons. The van der Waals surface area contributed by atoms with Crippen molar-refractivity contribution in [3.05, 3.63) is 23.5 Å². The van der Waals surface area contributed by atoms with Gasteiger partial charge in [0.05, 0.1) is 18.1 Å². The van der Waals surface area contributed by atoms with Gasteiger partial charge in [-0.05, 0) is 19.1 Å². The molecule has 0 aliphatic rings. The maximum absolute atomic E-state index is 12.6. The zero-order valence-electron chi connectivity index (χ0n) is 11.7. The molecule has 114 valence electrons. The molecule has 0 aromatic carbocycles. The van der Waals surface area contributed by atoms with Crippen molar-refractivity contribution in [2.75, 3.05) is 34.0 Å². The molecule has 0 amide bonds. The van der Waals surface area contributed by atoms with Gasteiger partial charge in [0.15, 0.2) is 0 Å². The van der Waals surface area contributed by atoms with Crippen LogP contribution in [0.25, 0.3) is 0 Å². The molecular weight excluding hydrogens is 304 g/mol. The molecule has 0 spiro atoms. The van der Waals surface area contributed by atoms with Crippen molar-refractivity contribution in [2.45, 2.75) is 17.9 Å². The highest BCUT2D eigenvalue weighted by molar-refractivity contribution is 7.89. The topological polar surface area (TPSA) is 68.7 Å². The molecule has 8 heteroatoms. The smallest absolute Gasteiger partial charge is 0.243 e. The van der Waals surface area contributed by atoms with E-state index in [0.29, 0.717) is 13.2 Å². The van der Waals surface area contributed by atoms with Crippen LogP contribution in [0.3, 0.4) is 0 Å². The van der Waals surface area contributed by atoms with Crippen LogP contribution < -0.4 is 0 Å². The fraction of sp³-hybridized carbons (Fsp3) is 0.583. The largest absolute Gasteiger partial charge is 0.383 e. The van der Waals surface area contributed by atoms with Crippen LogP contribution >= 0.6 is 11.6 Å². The van der Waals surface area contributed by atoms with Gasteiger partial charge in [-0.25, -0.2) is 13.4 Å². The highest BCUT2D eigenvalue weighted by Crippen LogP contribution is 2.20. The van der Waals surface area contributed by atoms with E-state index in [1.807, 2.05) is 0 Å². The lowest BCUT2D eigenvalue weighted by molar-refractivity contribution is 0.119. The average molecular weight is 323 g/mol. The number of halogens is 1. The molecule has 20 heavy (non-hydrogen) atoms. The van der Waals surface area contributed by atoms with Crippen LogP contribution in [0.2, 0.25) is 5.15 Å². The summed E-state index contributed by atoms with van der Waals surface area (Å²) in [5.74, 6) is 0. The molecule has 1 aromatic heterocycles. The highest BCUT2D eigenvalue weighted by atomic mass is 35.5. The first-order valence-corrected chi connectivity index (χ1v) is 7.86. The summed E-state index contributed by atoms with van der Waals surface area (Å²) >= 11 is 5.76. The Labute approximate surface area is 124 Å². The standard InChI is InChI=1S/C12H19ClN2O4S/c1-10(9-19-3)15(6-7-18-2)20(16,17)11-4-5-14-12(13)8-11/h4-5,8,10H,6-7,9H2,1-3H3. The lowest BCUT2D eigenvalue weighted by Crippen LogP contribution is -2.42. The maximum atomic E-state index is 12.6. The molecule has 6 nitrogen and oxygen atoms in total. The molecule has 1 heterocycles. The summed E-state index contributed by atoms with van der Waals surface area (Å²) in [7, 11) is -0.617. The van der Waals surface area contributed by atoms with Crippen LogP contribution in [-0.2, 0) is 19.5 Å². The average Bonchev–Trinajstić information content (AvgIpc) is 2.39. The van der Waals surface area contributed by atoms with Crippen LogP contribution in [0.5, 0.6) is 0 Å².